The molecule has 0 radical (unpaired) electrons. The predicted molar refractivity (Wildman–Crippen MR) is 233 cm³/mol. The lowest BCUT2D eigenvalue weighted by atomic mass is 9.81. The molecular weight excluding hydrogens is 663 g/mol. The molecule has 0 aliphatic heterocycles. The summed E-state index contributed by atoms with van der Waals surface area (Å²) in [7, 11) is 0. The van der Waals surface area contributed by atoms with Crippen molar-refractivity contribution >= 4 is 38.6 Å². The minimum absolute atomic E-state index is 0.118. The molecule has 11 rings (SSSR count). The Morgan fingerprint density at radius 3 is 2.07 bits per heavy atom. The fraction of sp³-hybridized carbons (Fsp3) is 0.296. The van der Waals surface area contributed by atoms with Crippen molar-refractivity contribution in [1.29, 1.82) is 0 Å². The Balaban J connectivity index is 1.04. The highest BCUT2D eigenvalue weighted by atomic mass is 15.1. The lowest BCUT2D eigenvalue weighted by Gasteiger charge is -2.31. The van der Waals surface area contributed by atoms with Gasteiger partial charge in [0.25, 0.3) is 0 Å². The summed E-state index contributed by atoms with van der Waals surface area (Å²) in [6.07, 6.45) is 12.4. The molecule has 3 atom stereocenters. The van der Waals surface area contributed by atoms with Crippen LogP contribution in [0.4, 0.5) is 17.1 Å². The van der Waals surface area contributed by atoms with Crippen molar-refractivity contribution in [3.63, 3.8) is 0 Å². The molecule has 0 spiro atoms. The maximum atomic E-state index is 2.57. The molecule has 7 aromatic carbocycles. The average Bonchev–Trinajstić information content (AvgIpc) is 3.94. The van der Waals surface area contributed by atoms with E-state index >= 15 is 0 Å². The van der Waals surface area contributed by atoms with Crippen LogP contribution in [0.15, 0.2) is 140 Å². The van der Waals surface area contributed by atoms with E-state index in [0.717, 1.165) is 11.8 Å². The molecule has 55 heavy (non-hydrogen) atoms. The molecule has 2 bridgehead atoms. The van der Waals surface area contributed by atoms with E-state index in [-0.39, 0.29) is 5.41 Å². The molecule has 0 aromatic heterocycles. The summed E-state index contributed by atoms with van der Waals surface area (Å²) in [6, 6.07) is 54.0. The van der Waals surface area contributed by atoms with Gasteiger partial charge in [0.2, 0.25) is 0 Å². The third-order valence-corrected chi connectivity index (χ3v) is 14.5. The highest BCUT2D eigenvalue weighted by Crippen LogP contribution is 2.56. The quantitative estimate of drug-likeness (QED) is 0.166. The van der Waals surface area contributed by atoms with Crippen LogP contribution in [0.2, 0.25) is 0 Å². The second-order valence-corrected chi connectivity index (χ2v) is 17.9. The molecular formula is C54H51N. The van der Waals surface area contributed by atoms with Crippen molar-refractivity contribution in [3.8, 4) is 22.3 Å². The van der Waals surface area contributed by atoms with Crippen LogP contribution >= 0.6 is 0 Å². The summed E-state index contributed by atoms with van der Waals surface area (Å²) < 4.78 is 0. The topological polar surface area (TPSA) is 3.24 Å². The number of fused-ring (bicyclic) bond motifs is 7. The van der Waals surface area contributed by atoms with Crippen molar-refractivity contribution in [2.24, 2.45) is 11.8 Å². The Kier molecular flexibility index (Phi) is 7.84. The fourth-order valence-electron chi connectivity index (χ4n) is 11.6. The molecule has 0 heterocycles. The monoisotopic (exact) mass is 713 g/mol. The zero-order chi connectivity index (χ0) is 36.7. The van der Waals surface area contributed by atoms with E-state index in [9.17, 15) is 0 Å². The Labute approximate surface area is 327 Å². The molecule has 4 aliphatic rings. The summed E-state index contributed by atoms with van der Waals surface area (Å²) in [4.78, 5) is 2.57. The highest BCUT2D eigenvalue weighted by molar-refractivity contribution is 6.01. The summed E-state index contributed by atoms with van der Waals surface area (Å²) >= 11 is 0. The van der Waals surface area contributed by atoms with Crippen molar-refractivity contribution in [1.82, 2.24) is 0 Å². The number of nitrogens with zero attached hydrogens (tertiary/aromatic N) is 1. The van der Waals surface area contributed by atoms with Gasteiger partial charge >= 0.3 is 0 Å². The predicted octanol–water partition coefficient (Wildman–Crippen LogP) is 15.4. The largest absolute Gasteiger partial charge is 0.310 e. The van der Waals surface area contributed by atoms with Gasteiger partial charge in [-0.05, 0) is 159 Å². The molecule has 3 unspecified atom stereocenters. The van der Waals surface area contributed by atoms with Crippen LogP contribution in [0.1, 0.15) is 106 Å². The maximum Gasteiger partial charge on any atom is 0.0540 e. The van der Waals surface area contributed by atoms with Crippen LogP contribution < -0.4 is 4.90 Å². The molecule has 7 aromatic rings. The zero-order valence-electron chi connectivity index (χ0n) is 32.4. The summed E-state index contributed by atoms with van der Waals surface area (Å²) in [5, 5.41) is 5.38. The molecule has 1 heteroatoms. The van der Waals surface area contributed by atoms with Crippen LogP contribution in [0.3, 0.4) is 0 Å². The number of benzene rings is 7. The van der Waals surface area contributed by atoms with Gasteiger partial charge in [0.15, 0.2) is 0 Å². The second-order valence-electron chi connectivity index (χ2n) is 17.9. The van der Waals surface area contributed by atoms with Gasteiger partial charge < -0.3 is 4.90 Å². The van der Waals surface area contributed by atoms with Crippen molar-refractivity contribution in [2.75, 3.05) is 4.90 Å². The van der Waals surface area contributed by atoms with E-state index in [4.69, 9.17) is 0 Å². The first-order valence-corrected chi connectivity index (χ1v) is 21.2. The Hall–Kier alpha value is -5.14. The molecule has 0 N–H and O–H groups in total. The summed E-state index contributed by atoms with van der Waals surface area (Å²) in [5.41, 5.74) is 14.8. The van der Waals surface area contributed by atoms with Crippen LogP contribution in [-0.4, -0.2) is 0 Å². The van der Waals surface area contributed by atoms with E-state index in [1.807, 2.05) is 0 Å². The SMILES string of the molecule is CC1(C)c2ccc(-c3ccc4ccccc4c3)cc2-c2ccc(N(c3ccc(C4CCCCC4)cc3)c3ccc(C4CC5CCC4C5)c4ccccc34)cc21. The summed E-state index contributed by atoms with van der Waals surface area (Å²) in [5.74, 6) is 3.16. The number of anilines is 3. The van der Waals surface area contributed by atoms with Crippen LogP contribution in [0.5, 0.6) is 0 Å². The maximum absolute atomic E-state index is 2.57. The Bertz CT molecular complexity index is 2580. The fourth-order valence-corrected chi connectivity index (χ4v) is 11.6. The normalized spacial score (nSPS) is 21.2. The Morgan fingerprint density at radius 1 is 0.527 bits per heavy atom. The van der Waals surface area contributed by atoms with Crippen molar-refractivity contribution in [3.05, 3.63) is 162 Å². The van der Waals surface area contributed by atoms with E-state index in [1.165, 1.54) is 135 Å². The minimum Gasteiger partial charge on any atom is -0.310 e. The number of hydrogen-bond donors (Lipinski definition) is 0. The van der Waals surface area contributed by atoms with E-state index in [0.29, 0.717) is 11.8 Å². The van der Waals surface area contributed by atoms with Gasteiger partial charge in [-0.3, -0.25) is 0 Å². The van der Waals surface area contributed by atoms with Gasteiger partial charge in [-0.1, -0.05) is 137 Å². The van der Waals surface area contributed by atoms with Gasteiger partial charge in [0.1, 0.15) is 0 Å². The number of hydrogen-bond acceptors (Lipinski definition) is 1. The molecule has 0 saturated heterocycles. The third-order valence-electron chi connectivity index (χ3n) is 14.5. The molecule has 3 fully saturated rings. The van der Waals surface area contributed by atoms with Crippen LogP contribution in [0, 0.1) is 11.8 Å². The molecule has 272 valence electrons. The molecule has 3 saturated carbocycles. The van der Waals surface area contributed by atoms with E-state index in [1.54, 1.807) is 5.56 Å². The van der Waals surface area contributed by atoms with Crippen LogP contribution in [-0.2, 0) is 5.41 Å². The molecule has 4 aliphatic carbocycles. The van der Waals surface area contributed by atoms with Gasteiger partial charge in [-0.2, -0.15) is 0 Å². The third kappa shape index (κ3) is 5.48. The summed E-state index contributed by atoms with van der Waals surface area (Å²) in [6.45, 7) is 4.83. The van der Waals surface area contributed by atoms with Crippen molar-refractivity contribution < 1.29 is 0 Å². The zero-order valence-corrected chi connectivity index (χ0v) is 32.4. The standard InChI is InChI=1S/C54H51N/c1-54(2)51-28-22-41(40-19-18-37-12-6-7-13-39(37)32-40)33-50(51)47-26-25-44(34-52(47)54)55(43-23-20-38(21-24-43)36-10-4-3-5-11-36)53-29-27-46(45-14-8-9-15-48(45)53)49-31-35-16-17-42(49)30-35/h6-9,12-15,18-29,32-36,42,49H,3-5,10-11,16-17,30-31H2,1-2H3. The first kappa shape index (κ1) is 33.2. The smallest absolute Gasteiger partial charge is 0.0540 e. The Morgan fingerprint density at radius 2 is 1.27 bits per heavy atom. The van der Waals surface area contributed by atoms with E-state index in [2.05, 4.69) is 158 Å². The first-order chi connectivity index (χ1) is 27.0. The minimum atomic E-state index is -0.118. The van der Waals surface area contributed by atoms with E-state index < -0.39 is 0 Å². The van der Waals surface area contributed by atoms with Gasteiger partial charge in [-0.15, -0.1) is 0 Å². The highest BCUT2D eigenvalue weighted by Gasteiger charge is 2.41. The van der Waals surface area contributed by atoms with Gasteiger partial charge in [-0.25, -0.2) is 0 Å². The number of rotatable bonds is 6. The van der Waals surface area contributed by atoms with Gasteiger partial charge in [0, 0.05) is 22.2 Å². The molecule has 0 amide bonds. The molecule has 1 nitrogen and oxygen atoms in total. The van der Waals surface area contributed by atoms with Gasteiger partial charge in [0.05, 0.1) is 5.69 Å². The average molecular weight is 714 g/mol. The van der Waals surface area contributed by atoms with Crippen molar-refractivity contribution in [2.45, 2.75) is 88.9 Å². The lowest BCUT2D eigenvalue weighted by molar-refractivity contribution is 0.422. The second kappa shape index (κ2) is 13.0. The lowest BCUT2D eigenvalue weighted by Crippen LogP contribution is -2.17. The first-order valence-electron chi connectivity index (χ1n) is 21.2. The van der Waals surface area contributed by atoms with Crippen LogP contribution in [0.25, 0.3) is 43.8 Å².